The number of fused-ring (bicyclic) bond motifs is 4. The monoisotopic (exact) mass is 1120 g/mol. The number of nitrogens with zero attached hydrogens (tertiary/aromatic N) is 10. The van der Waals surface area contributed by atoms with Gasteiger partial charge in [0.05, 0.1) is 45.8 Å². The van der Waals surface area contributed by atoms with Crippen molar-refractivity contribution in [3.8, 4) is 17.2 Å². The number of aryl methyl sites for hydroxylation is 3. The lowest BCUT2D eigenvalue weighted by Gasteiger charge is -2.49. The van der Waals surface area contributed by atoms with E-state index in [1.165, 1.54) is 27.6 Å². The van der Waals surface area contributed by atoms with E-state index < -0.39 is 57.8 Å². The van der Waals surface area contributed by atoms with E-state index in [1.807, 2.05) is 30.5 Å². The Morgan fingerprint density at radius 3 is 2.28 bits per heavy atom. The molecule has 3 amide bonds. The number of rotatable bonds is 9. The maximum Gasteiger partial charge on any atom is 0.438 e. The van der Waals surface area contributed by atoms with Crippen molar-refractivity contribution >= 4 is 39.7 Å². The molecule has 22 heteroatoms. The van der Waals surface area contributed by atoms with Crippen LogP contribution >= 0.6 is 0 Å². The molecule has 12 rings (SSSR count). The molecule has 2 saturated heterocycles. The minimum atomic E-state index is -0.981. The average Bonchev–Trinajstić information content (AvgIpc) is 3.31. The van der Waals surface area contributed by atoms with E-state index in [4.69, 9.17) is 19.1 Å². The number of imidazole rings is 1. The molecule has 20 nitrogen and oxygen atoms in total. The molecule has 8 heterocycles. The van der Waals surface area contributed by atoms with Gasteiger partial charge in [0, 0.05) is 67.6 Å². The van der Waals surface area contributed by atoms with Crippen molar-refractivity contribution in [2.75, 3.05) is 26.2 Å². The molecule has 430 valence electrons. The van der Waals surface area contributed by atoms with Crippen molar-refractivity contribution in [2.45, 2.75) is 141 Å². The van der Waals surface area contributed by atoms with Crippen molar-refractivity contribution in [1.82, 2.24) is 58.5 Å². The van der Waals surface area contributed by atoms with Gasteiger partial charge in [-0.25, -0.2) is 27.8 Å². The van der Waals surface area contributed by atoms with E-state index in [9.17, 15) is 14.4 Å². The summed E-state index contributed by atoms with van der Waals surface area (Å²) in [5.74, 6) is -1.81. The number of aromatic amines is 1. The average molecular weight is 1120 g/mol. The molecule has 82 heavy (non-hydrogen) atoms. The molecule has 0 radical (unpaired) electrons. The van der Waals surface area contributed by atoms with Crippen molar-refractivity contribution in [3.05, 3.63) is 139 Å². The molecule has 0 bridgehead atoms. The van der Waals surface area contributed by atoms with Gasteiger partial charge < -0.3 is 29.2 Å². The van der Waals surface area contributed by atoms with Crippen LogP contribution in [0.3, 0.4) is 0 Å². The van der Waals surface area contributed by atoms with Gasteiger partial charge in [0.15, 0.2) is 11.6 Å². The van der Waals surface area contributed by atoms with Crippen molar-refractivity contribution in [2.24, 2.45) is 13.0 Å². The smallest absolute Gasteiger partial charge is 0.438 e. The maximum atomic E-state index is 16.6. The van der Waals surface area contributed by atoms with E-state index in [0.717, 1.165) is 29.3 Å². The number of piperidine rings is 1. The van der Waals surface area contributed by atoms with E-state index in [1.54, 1.807) is 92.1 Å². The highest BCUT2D eigenvalue weighted by Gasteiger charge is 2.60. The molecule has 1 aliphatic carbocycles. The van der Waals surface area contributed by atoms with Crippen LogP contribution in [-0.4, -0.2) is 115 Å². The number of ether oxygens (including phenoxy) is 2. The molecule has 0 unspecified atom stereocenters. The molecule has 8 aromatic rings. The van der Waals surface area contributed by atoms with Gasteiger partial charge in [0.1, 0.15) is 34.5 Å². The standard InChI is InChI=1S/C60H68F2N12O8/c1-32-24-40(25-33(2)47(32)61)74-50(71-22-21-70(56(71)79)44-15-14-43-41(48(44)62)30-63-68(43)11)46-36(5)72(31-59(49(46)66-74)17-19-69(20-18-59)51(75)35(4)64-54(77)81-57(6,7)8)52(76)45-27-39-26-37(38-16-23-80-58(9,10)29-38)12-13-42(39)73(45)60(28-34(60)3)53-65-55(78)82-67-53/h12-15,21-22,24-27,30,34-36,38H,16-20,23,28-29,31H2,1-11H3,(H,64,77)(H,65,67,78)/t34-,35-,36-,38-,60-/m0/s1. The largest absolute Gasteiger partial charge is 0.444 e. The zero-order valence-electron chi connectivity index (χ0n) is 48.0. The molecule has 2 N–H and O–H groups in total. The van der Waals surface area contributed by atoms with Gasteiger partial charge in [-0.1, -0.05) is 18.1 Å². The Morgan fingerprint density at radius 1 is 0.927 bits per heavy atom. The van der Waals surface area contributed by atoms with Crippen LogP contribution in [0.25, 0.3) is 39.0 Å². The highest BCUT2D eigenvalue weighted by molar-refractivity contribution is 6.00. The van der Waals surface area contributed by atoms with Crippen LogP contribution in [-0.2, 0) is 32.3 Å². The minimum Gasteiger partial charge on any atom is -0.444 e. The Balaban J connectivity index is 1.04. The third-order valence-corrected chi connectivity index (χ3v) is 17.7. The first-order valence-corrected chi connectivity index (χ1v) is 28.1. The van der Waals surface area contributed by atoms with Gasteiger partial charge in [-0.05, 0) is 165 Å². The Labute approximate surface area is 470 Å². The number of benzene rings is 3. The van der Waals surface area contributed by atoms with Crippen LogP contribution in [0.5, 0.6) is 0 Å². The zero-order valence-corrected chi connectivity index (χ0v) is 48.0. The summed E-state index contributed by atoms with van der Waals surface area (Å²) in [6.07, 6.45) is 6.45. The number of nitrogens with one attached hydrogen (secondary N) is 2. The van der Waals surface area contributed by atoms with Crippen molar-refractivity contribution in [1.29, 1.82) is 0 Å². The SMILES string of the molecule is Cc1cc(-n2nc3c(c2-n2ccn(-c4ccc5c(cnn5C)c4F)c2=O)[C@H](C)N(C(=O)c2cc4cc([C@H]5CCOC(C)(C)C5)ccc4n2[C@@]2(c4noc(=O)[nH]4)C[C@@H]2C)CC32CCN(C(=O)[C@H](C)NC(=O)OC(C)(C)C)CC2)cc(C)c1F. The van der Waals surface area contributed by atoms with E-state index in [0.29, 0.717) is 71.0 Å². The second-order valence-electron chi connectivity index (χ2n) is 24.8. The first-order chi connectivity index (χ1) is 38.8. The molecule has 1 saturated carbocycles. The van der Waals surface area contributed by atoms with Crippen LogP contribution < -0.4 is 16.8 Å². The Bertz CT molecular complexity index is 4020. The van der Waals surface area contributed by atoms with Gasteiger partial charge >= 0.3 is 17.5 Å². The number of carbonyl (C=O) groups excluding carboxylic acids is 3. The fourth-order valence-corrected chi connectivity index (χ4v) is 13.4. The number of alkyl carbamates (subject to hydrolysis) is 1. The summed E-state index contributed by atoms with van der Waals surface area (Å²) >= 11 is 0. The summed E-state index contributed by atoms with van der Waals surface area (Å²) in [4.78, 5) is 78.0. The first-order valence-electron chi connectivity index (χ1n) is 28.1. The molecular formula is C60H68F2N12O8. The number of halogens is 2. The van der Waals surface area contributed by atoms with Gasteiger partial charge in [-0.2, -0.15) is 10.2 Å². The van der Waals surface area contributed by atoms with Gasteiger partial charge in [-0.3, -0.25) is 32.9 Å². The topological polar surface area (TPSA) is 215 Å². The maximum absolute atomic E-state index is 16.6. The quantitative estimate of drug-likeness (QED) is 0.139. The highest BCUT2D eigenvalue weighted by Crippen LogP contribution is 2.57. The van der Waals surface area contributed by atoms with Crippen LogP contribution in [0, 0.1) is 31.4 Å². The van der Waals surface area contributed by atoms with Crippen LogP contribution in [0.15, 0.2) is 81.2 Å². The van der Waals surface area contributed by atoms with Crippen molar-refractivity contribution in [3.63, 3.8) is 0 Å². The van der Waals surface area contributed by atoms with Gasteiger partial charge in [0.25, 0.3) is 5.91 Å². The third-order valence-electron chi connectivity index (χ3n) is 17.7. The molecule has 5 atom stereocenters. The van der Waals surface area contributed by atoms with Crippen LogP contribution in [0.1, 0.15) is 144 Å². The molecule has 5 aromatic heterocycles. The first kappa shape index (κ1) is 54.4. The van der Waals surface area contributed by atoms with Crippen molar-refractivity contribution < 1.29 is 37.2 Å². The summed E-state index contributed by atoms with van der Waals surface area (Å²) in [6.45, 7) is 19.4. The molecule has 3 aromatic carbocycles. The number of carbonyl (C=O) groups is 3. The molecule has 3 aliphatic heterocycles. The zero-order chi connectivity index (χ0) is 58.3. The van der Waals surface area contributed by atoms with E-state index >= 15 is 18.4 Å². The third kappa shape index (κ3) is 8.86. The van der Waals surface area contributed by atoms with Crippen LogP contribution in [0.2, 0.25) is 0 Å². The van der Waals surface area contributed by atoms with E-state index in [-0.39, 0.29) is 65.8 Å². The molecule has 3 fully saturated rings. The Kier molecular flexibility index (Phi) is 12.8. The fourth-order valence-electron chi connectivity index (χ4n) is 13.4. The molecule has 4 aliphatic rings. The summed E-state index contributed by atoms with van der Waals surface area (Å²) in [6, 6.07) is 13.0. The molecular weight excluding hydrogens is 1050 g/mol. The predicted molar refractivity (Wildman–Crippen MR) is 300 cm³/mol. The summed E-state index contributed by atoms with van der Waals surface area (Å²) in [5, 5.41) is 17.7. The number of hydrogen-bond acceptors (Lipinski definition) is 11. The van der Waals surface area contributed by atoms with Gasteiger partial charge in [-0.15, -0.1) is 0 Å². The normalized spacial score (nSPS) is 21.7. The Hall–Kier alpha value is -8.14. The van der Waals surface area contributed by atoms with Crippen LogP contribution in [0.4, 0.5) is 13.6 Å². The summed E-state index contributed by atoms with van der Waals surface area (Å²) < 4.78 is 56.7. The second-order valence-corrected chi connectivity index (χ2v) is 24.8. The lowest BCUT2D eigenvalue weighted by Crippen LogP contribution is -2.57. The number of likely N-dealkylation sites (tertiary alicyclic amines) is 1. The Morgan fingerprint density at radius 2 is 1.62 bits per heavy atom. The number of aromatic nitrogens is 9. The summed E-state index contributed by atoms with van der Waals surface area (Å²) in [5.41, 5.74) is 1.20. The second kappa shape index (κ2) is 19.2. The minimum absolute atomic E-state index is 0.0142. The van der Waals surface area contributed by atoms with Gasteiger partial charge in [0.2, 0.25) is 5.91 Å². The fraction of sp³-hybridized carbons (Fsp3) is 0.467. The number of amides is 3. The lowest BCUT2D eigenvalue weighted by molar-refractivity contribution is -0.135. The number of H-pyrrole nitrogens is 1. The number of hydrogen-bond donors (Lipinski definition) is 2. The summed E-state index contributed by atoms with van der Waals surface area (Å²) in [7, 11) is 1.70. The van der Waals surface area contributed by atoms with E-state index in [2.05, 4.69) is 46.5 Å². The highest BCUT2D eigenvalue weighted by atomic mass is 19.1. The lowest BCUT2D eigenvalue weighted by atomic mass is 9.70. The molecule has 1 spiro atoms. The predicted octanol–water partition coefficient (Wildman–Crippen LogP) is 8.67.